The van der Waals surface area contributed by atoms with Gasteiger partial charge in [0.15, 0.2) is 0 Å². The van der Waals surface area contributed by atoms with Gasteiger partial charge in [0, 0.05) is 6.20 Å². The standard InChI is InChI=1S/C14H14ClN3O/c1-9-2-3-11(15)13(6-9)19-8-10-4-5-18-12(7-10)14(16)17/h2-7H,8H2,1H3,(H3,16,17). The molecule has 0 fully saturated rings. The second-order valence-electron chi connectivity index (χ2n) is 4.19. The van der Waals surface area contributed by atoms with Gasteiger partial charge < -0.3 is 10.5 Å². The number of nitrogens with one attached hydrogen (secondary N) is 1. The van der Waals surface area contributed by atoms with E-state index in [0.29, 0.717) is 23.1 Å². The lowest BCUT2D eigenvalue weighted by molar-refractivity contribution is 0.306. The molecule has 1 heterocycles. The van der Waals surface area contributed by atoms with Crippen molar-refractivity contribution in [1.82, 2.24) is 4.98 Å². The van der Waals surface area contributed by atoms with E-state index in [4.69, 9.17) is 27.5 Å². The van der Waals surface area contributed by atoms with E-state index in [1.165, 1.54) is 0 Å². The monoisotopic (exact) mass is 275 g/mol. The van der Waals surface area contributed by atoms with Crippen molar-refractivity contribution in [2.75, 3.05) is 0 Å². The van der Waals surface area contributed by atoms with Gasteiger partial charge in [-0.25, -0.2) is 0 Å². The van der Waals surface area contributed by atoms with Gasteiger partial charge in [0.25, 0.3) is 0 Å². The fraction of sp³-hybridized carbons (Fsp3) is 0.143. The van der Waals surface area contributed by atoms with E-state index < -0.39 is 0 Å². The maximum atomic E-state index is 7.34. The molecule has 0 bridgehead atoms. The molecule has 0 saturated carbocycles. The first-order valence-corrected chi connectivity index (χ1v) is 6.12. The summed E-state index contributed by atoms with van der Waals surface area (Å²) in [5.41, 5.74) is 7.80. The first-order valence-electron chi connectivity index (χ1n) is 5.74. The number of hydrogen-bond donors (Lipinski definition) is 2. The molecule has 2 rings (SSSR count). The van der Waals surface area contributed by atoms with E-state index in [9.17, 15) is 0 Å². The molecule has 19 heavy (non-hydrogen) atoms. The third-order valence-electron chi connectivity index (χ3n) is 2.58. The first-order chi connectivity index (χ1) is 9.06. The molecule has 0 unspecified atom stereocenters. The van der Waals surface area contributed by atoms with Gasteiger partial charge in [0.2, 0.25) is 0 Å². The molecule has 0 aliphatic rings. The minimum Gasteiger partial charge on any atom is -0.487 e. The Balaban J connectivity index is 2.12. The molecule has 0 aliphatic carbocycles. The van der Waals surface area contributed by atoms with Crippen molar-refractivity contribution in [3.63, 3.8) is 0 Å². The van der Waals surface area contributed by atoms with Crippen LogP contribution in [0.2, 0.25) is 5.02 Å². The van der Waals surface area contributed by atoms with Crippen LogP contribution in [0.25, 0.3) is 0 Å². The Morgan fingerprint density at radius 1 is 1.37 bits per heavy atom. The molecule has 3 N–H and O–H groups in total. The zero-order chi connectivity index (χ0) is 13.8. The molecule has 0 atom stereocenters. The largest absolute Gasteiger partial charge is 0.487 e. The van der Waals surface area contributed by atoms with Crippen LogP contribution < -0.4 is 10.5 Å². The topological polar surface area (TPSA) is 72.0 Å². The molecule has 2 aromatic rings. The van der Waals surface area contributed by atoms with E-state index in [1.807, 2.05) is 25.1 Å². The number of nitrogens with two attached hydrogens (primary N) is 1. The molecule has 5 heteroatoms. The van der Waals surface area contributed by atoms with Crippen LogP contribution in [0.3, 0.4) is 0 Å². The lowest BCUT2D eigenvalue weighted by Gasteiger charge is -2.09. The number of aromatic nitrogens is 1. The minimum absolute atomic E-state index is 0.0598. The highest BCUT2D eigenvalue weighted by atomic mass is 35.5. The molecular formula is C14H14ClN3O. The minimum atomic E-state index is -0.0598. The lowest BCUT2D eigenvalue weighted by Crippen LogP contribution is -2.13. The van der Waals surface area contributed by atoms with Gasteiger partial charge in [-0.15, -0.1) is 0 Å². The van der Waals surface area contributed by atoms with Crippen LogP contribution >= 0.6 is 11.6 Å². The predicted molar refractivity (Wildman–Crippen MR) is 75.8 cm³/mol. The Morgan fingerprint density at radius 3 is 2.89 bits per heavy atom. The maximum Gasteiger partial charge on any atom is 0.141 e. The molecule has 4 nitrogen and oxygen atoms in total. The highest BCUT2D eigenvalue weighted by Crippen LogP contribution is 2.26. The zero-order valence-corrected chi connectivity index (χ0v) is 11.2. The smallest absolute Gasteiger partial charge is 0.141 e. The van der Waals surface area contributed by atoms with Crippen molar-refractivity contribution in [3.05, 3.63) is 58.4 Å². The number of amidine groups is 1. The average molecular weight is 276 g/mol. The second-order valence-corrected chi connectivity index (χ2v) is 4.59. The van der Waals surface area contributed by atoms with Gasteiger partial charge in [0.05, 0.1) is 5.02 Å². The predicted octanol–water partition coefficient (Wildman–Crippen LogP) is 2.91. The number of hydrogen-bond acceptors (Lipinski definition) is 3. The fourth-order valence-corrected chi connectivity index (χ4v) is 1.77. The Hall–Kier alpha value is -2.07. The highest BCUT2D eigenvalue weighted by Gasteiger charge is 2.04. The summed E-state index contributed by atoms with van der Waals surface area (Å²) in [5.74, 6) is 0.582. The van der Waals surface area contributed by atoms with Crippen LogP contribution in [-0.2, 0) is 6.61 Å². The number of nitrogen functional groups attached to an aromatic ring is 1. The Labute approximate surface area is 116 Å². The number of pyridine rings is 1. The Bertz CT molecular complexity index is 613. The Morgan fingerprint density at radius 2 is 2.16 bits per heavy atom. The number of ether oxygens (including phenoxy) is 1. The number of aryl methyl sites for hydroxylation is 1. The normalized spacial score (nSPS) is 10.2. The molecular weight excluding hydrogens is 262 g/mol. The van der Waals surface area contributed by atoms with E-state index in [2.05, 4.69) is 4.98 Å². The van der Waals surface area contributed by atoms with Gasteiger partial charge in [-0.1, -0.05) is 17.7 Å². The van der Waals surface area contributed by atoms with Gasteiger partial charge in [-0.05, 0) is 42.3 Å². The van der Waals surface area contributed by atoms with Crippen LogP contribution in [-0.4, -0.2) is 10.8 Å². The number of nitrogens with zero attached hydrogens (tertiary/aromatic N) is 1. The Kier molecular flexibility index (Phi) is 4.02. The molecule has 0 amide bonds. The molecule has 0 aliphatic heterocycles. The molecule has 1 aromatic carbocycles. The number of halogens is 1. The van der Waals surface area contributed by atoms with E-state index in [0.717, 1.165) is 11.1 Å². The first kappa shape index (κ1) is 13.4. The summed E-state index contributed by atoms with van der Waals surface area (Å²) in [7, 11) is 0. The summed E-state index contributed by atoms with van der Waals surface area (Å²) in [6, 6.07) is 9.16. The van der Waals surface area contributed by atoms with E-state index in [-0.39, 0.29) is 5.84 Å². The maximum absolute atomic E-state index is 7.34. The SMILES string of the molecule is Cc1ccc(Cl)c(OCc2ccnc(C(=N)N)c2)c1. The third-order valence-corrected chi connectivity index (χ3v) is 2.89. The number of rotatable bonds is 4. The average Bonchev–Trinajstić information content (AvgIpc) is 2.40. The summed E-state index contributed by atoms with van der Waals surface area (Å²) in [4.78, 5) is 3.99. The van der Waals surface area contributed by atoms with Gasteiger partial charge in [-0.3, -0.25) is 10.4 Å². The van der Waals surface area contributed by atoms with Crippen LogP contribution in [0.5, 0.6) is 5.75 Å². The lowest BCUT2D eigenvalue weighted by atomic mass is 10.2. The summed E-state index contributed by atoms with van der Waals surface area (Å²) in [6.07, 6.45) is 1.60. The quantitative estimate of drug-likeness (QED) is 0.666. The highest BCUT2D eigenvalue weighted by molar-refractivity contribution is 6.32. The van der Waals surface area contributed by atoms with E-state index in [1.54, 1.807) is 18.3 Å². The zero-order valence-electron chi connectivity index (χ0n) is 10.5. The summed E-state index contributed by atoms with van der Waals surface area (Å²) < 4.78 is 5.67. The van der Waals surface area contributed by atoms with Crippen LogP contribution in [0.1, 0.15) is 16.8 Å². The second kappa shape index (κ2) is 5.71. The van der Waals surface area contributed by atoms with Gasteiger partial charge >= 0.3 is 0 Å². The van der Waals surface area contributed by atoms with Crippen LogP contribution in [0, 0.1) is 12.3 Å². The van der Waals surface area contributed by atoms with Gasteiger partial charge in [0.1, 0.15) is 23.9 Å². The summed E-state index contributed by atoms with van der Waals surface area (Å²) in [5, 5.41) is 7.92. The van der Waals surface area contributed by atoms with Crippen molar-refractivity contribution in [3.8, 4) is 5.75 Å². The van der Waals surface area contributed by atoms with Crippen molar-refractivity contribution in [1.29, 1.82) is 5.41 Å². The fourth-order valence-electron chi connectivity index (χ4n) is 1.59. The van der Waals surface area contributed by atoms with E-state index >= 15 is 0 Å². The molecule has 98 valence electrons. The molecule has 0 spiro atoms. The van der Waals surface area contributed by atoms with Gasteiger partial charge in [-0.2, -0.15) is 0 Å². The summed E-state index contributed by atoms with van der Waals surface area (Å²) >= 11 is 6.05. The molecule has 0 saturated heterocycles. The van der Waals surface area contributed by atoms with Crippen molar-refractivity contribution in [2.24, 2.45) is 5.73 Å². The number of benzene rings is 1. The van der Waals surface area contributed by atoms with Crippen LogP contribution in [0.4, 0.5) is 0 Å². The molecule has 1 aromatic heterocycles. The van der Waals surface area contributed by atoms with Crippen molar-refractivity contribution in [2.45, 2.75) is 13.5 Å². The van der Waals surface area contributed by atoms with Crippen molar-refractivity contribution >= 4 is 17.4 Å². The summed E-state index contributed by atoms with van der Waals surface area (Å²) in [6.45, 7) is 2.33. The van der Waals surface area contributed by atoms with Crippen molar-refractivity contribution < 1.29 is 4.74 Å². The third kappa shape index (κ3) is 3.45. The van der Waals surface area contributed by atoms with Crippen LogP contribution in [0.15, 0.2) is 36.5 Å². The molecule has 0 radical (unpaired) electrons.